The summed E-state index contributed by atoms with van der Waals surface area (Å²) >= 11 is 3.51. The molecule has 0 spiro atoms. The van der Waals surface area contributed by atoms with E-state index in [0.717, 1.165) is 36.5 Å². The Labute approximate surface area is 186 Å². The zero-order chi connectivity index (χ0) is 18.1. The van der Waals surface area contributed by atoms with Gasteiger partial charge in [0.1, 0.15) is 0 Å². The maximum atomic E-state index is 4.76. The van der Waals surface area contributed by atoms with Crippen LogP contribution >= 0.6 is 39.9 Å². The number of hydrogen-bond acceptors (Lipinski definition) is 2. The molecule has 1 aliphatic carbocycles. The number of nitrogens with one attached hydrogen (secondary N) is 1. The first kappa shape index (κ1) is 20.6. The van der Waals surface area contributed by atoms with Crippen molar-refractivity contribution in [2.24, 2.45) is 12.0 Å². The van der Waals surface area contributed by atoms with Crippen molar-refractivity contribution in [1.29, 1.82) is 0 Å². The summed E-state index contributed by atoms with van der Waals surface area (Å²) in [5.41, 5.74) is 2.75. The maximum Gasteiger partial charge on any atom is 0.194 e. The Morgan fingerprint density at radius 2 is 2.07 bits per heavy atom. The highest BCUT2D eigenvalue weighted by Gasteiger charge is 2.40. The van der Waals surface area contributed by atoms with Gasteiger partial charge < -0.3 is 10.2 Å². The van der Waals surface area contributed by atoms with Gasteiger partial charge >= 0.3 is 0 Å². The highest BCUT2D eigenvalue weighted by atomic mass is 127. The van der Waals surface area contributed by atoms with Crippen LogP contribution in [0, 0.1) is 0 Å². The zero-order valence-corrected chi connectivity index (χ0v) is 19.7. The van der Waals surface area contributed by atoms with E-state index >= 15 is 0 Å². The number of rotatable bonds is 4. The topological polar surface area (TPSA) is 45.5 Å². The molecule has 27 heavy (non-hydrogen) atoms. The molecular formula is C20H27BrIN5. The van der Waals surface area contributed by atoms with Gasteiger partial charge in [0.2, 0.25) is 0 Å². The molecule has 5 nitrogen and oxygen atoms in total. The molecule has 3 unspecified atom stereocenters. The molecule has 2 fully saturated rings. The smallest absolute Gasteiger partial charge is 0.194 e. The molecule has 1 aromatic heterocycles. The Morgan fingerprint density at radius 1 is 1.30 bits per heavy atom. The Morgan fingerprint density at radius 3 is 2.74 bits per heavy atom. The third-order valence-electron chi connectivity index (χ3n) is 5.40. The van der Waals surface area contributed by atoms with E-state index < -0.39 is 0 Å². The van der Waals surface area contributed by atoms with Crippen molar-refractivity contribution in [3.05, 3.63) is 52.3 Å². The third-order valence-corrected chi connectivity index (χ3v) is 5.92. The molecule has 2 aromatic rings. The van der Waals surface area contributed by atoms with E-state index in [1.807, 2.05) is 17.9 Å². The Balaban J connectivity index is 0.00000210. The van der Waals surface area contributed by atoms with Crippen molar-refractivity contribution >= 4 is 45.9 Å². The summed E-state index contributed by atoms with van der Waals surface area (Å²) in [6.45, 7) is 5.00. The molecular weight excluding hydrogens is 517 g/mol. The lowest BCUT2D eigenvalue weighted by molar-refractivity contribution is 0.483. The van der Waals surface area contributed by atoms with Crippen LogP contribution in [0.3, 0.4) is 0 Å². The molecule has 0 amide bonds. The Kier molecular flexibility index (Phi) is 6.83. The van der Waals surface area contributed by atoms with Crippen LogP contribution in [0.25, 0.3) is 0 Å². The van der Waals surface area contributed by atoms with Crippen molar-refractivity contribution in [3.8, 4) is 0 Å². The van der Waals surface area contributed by atoms with Gasteiger partial charge in [-0.15, -0.1) is 24.0 Å². The molecule has 2 heterocycles. The number of guanidine groups is 1. The average Bonchev–Trinajstić information content (AvgIpc) is 3.03. The molecule has 1 aromatic carbocycles. The summed E-state index contributed by atoms with van der Waals surface area (Å²) in [7, 11) is 1.98. The maximum absolute atomic E-state index is 4.76. The van der Waals surface area contributed by atoms with E-state index in [0.29, 0.717) is 17.9 Å². The van der Waals surface area contributed by atoms with E-state index in [4.69, 9.17) is 4.99 Å². The van der Waals surface area contributed by atoms with Crippen LogP contribution in [0.2, 0.25) is 0 Å². The van der Waals surface area contributed by atoms with Crippen LogP contribution in [-0.4, -0.2) is 46.3 Å². The summed E-state index contributed by atoms with van der Waals surface area (Å²) in [4.78, 5) is 7.18. The van der Waals surface area contributed by atoms with Crippen LogP contribution < -0.4 is 5.32 Å². The van der Waals surface area contributed by atoms with Crippen molar-refractivity contribution < 1.29 is 0 Å². The third kappa shape index (κ3) is 4.85. The fourth-order valence-corrected chi connectivity index (χ4v) is 4.13. The number of nitrogens with zero attached hydrogens (tertiary/aromatic N) is 4. The number of hydrogen-bond donors (Lipinski definition) is 1. The van der Waals surface area contributed by atoms with Crippen molar-refractivity contribution in [3.63, 3.8) is 0 Å². The van der Waals surface area contributed by atoms with Gasteiger partial charge in [0.15, 0.2) is 5.96 Å². The highest BCUT2D eigenvalue weighted by molar-refractivity contribution is 14.0. The SMILES string of the molecule is CCN=C(NC1CC1c1ccc(Br)cc1)N1CCC(c2cnn(C)c2)C1.I. The van der Waals surface area contributed by atoms with Crippen molar-refractivity contribution in [1.82, 2.24) is 20.0 Å². The van der Waals surface area contributed by atoms with Gasteiger partial charge in [0.05, 0.1) is 6.20 Å². The predicted molar refractivity (Wildman–Crippen MR) is 124 cm³/mol. The van der Waals surface area contributed by atoms with Crippen LogP contribution in [0.4, 0.5) is 0 Å². The van der Waals surface area contributed by atoms with Crippen LogP contribution in [0.1, 0.15) is 42.7 Å². The Bertz CT molecular complexity index is 788. The second-order valence-corrected chi connectivity index (χ2v) is 8.24. The quantitative estimate of drug-likeness (QED) is 0.358. The second-order valence-electron chi connectivity index (χ2n) is 7.32. The number of aryl methyl sites for hydroxylation is 1. The van der Waals surface area contributed by atoms with Crippen LogP contribution in [0.15, 0.2) is 46.1 Å². The second kappa shape index (κ2) is 8.94. The molecule has 2 aliphatic rings. The first-order valence-electron chi connectivity index (χ1n) is 9.44. The summed E-state index contributed by atoms with van der Waals surface area (Å²) < 4.78 is 3.03. The number of aromatic nitrogens is 2. The van der Waals surface area contributed by atoms with Gasteiger partial charge in [-0.05, 0) is 43.0 Å². The van der Waals surface area contributed by atoms with Crippen LogP contribution in [-0.2, 0) is 7.05 Å². The summed E-state index contributed by atoms with van der Waals surface area (Å²) in [5, 5.41) is 8.04. The van der Waals surface area contributed by atoms with E-state index in [9.17, 15) is 0 Å². The van der Waals surface area contributed by atoms with Gasteiger partial charge in [-0.1, -0.05) is 28.1 Å². The van der Waals surface area contributed by atoms with E-state index in [1.54, 1.807) is 0 Å². The minimum absolute atomic E-state index is 0. The molecule has 0 radical (unpaired) electrons. The highest BCUT2D eigenvalue weighted by Crippen LogP contribution is 2.41. The minimum atomic E-state index is 0. The van der Waals surface area contributed by atoms with E-state index in [2.05, 4.69) is 68.6 Å². The molecule has 1 saturated heterocycles. The van der Waals surface area contributed by atoms with Gasteiger partial charge in [-0.3, -0.25) is 9.67 Å². The number of likely N-dealkylation sites (tertiary alicyclic amines) is 1. The van der Waals surface area contributed by atoms with Gasteiger partial charge in [0.25, 0.3) is 0 Å². The van der Waals surface area contributed by atoms with Gasteiger partial charge in [-0.2, -0.15) is 5.10 Å². The molecule has 3 atom stereocenters. The summed E-state index contributed by atoms with van der Waals surface area (Å²) in [6.07, 6.45) is 6.49. The number of halogens is 2. The average molecular weight is 544 g/mol. The van der Waals surface area contributed by atoms with E-state index in [1.165, 1.54) is 17.5 Å². The van der Waals surface area contributed by atoms with Crippen molar-refractivity contribution in [2.45, 2.75) is 37.6 Å². The largest absolute Gasteiger partial charge is 0.353 e. The lowest BCUT2D eigenvalue weighted by atomic mass is 10.0. The zero-order valence-electron chi connectivity index (χ0n) is 15.8. The first-order valence-corrected chi connectivity index (χ1v) is 10.2. The normalized spacial score (nSPS) is 24.6. The number of aliphatic imine (C=N–C) groups is 1. The number of benzene rings is 1. The van der Waals surface area contributed by atoms with Crippen molar-refractivity contribution in [2.75, 3.05) is 19.6 Å². The lowest BCUT2D eigenvalue weighted by Gasteiger charge is -2.22. The lowest BCUT2D eigenvalue weighted by Crippen LogP contribution is -2.41. The monoisotopic (exact) mass is 543 g/mol. The summed E-state index contributed by atoms with van der Waals surface area (Å²) in [6, 6.07) is 9.21. The van der Waals surface area contributed by atoms with Gasteiger partial charge in [-0.25, -0.2) is 0 Å². The fraction of sp³-hybridized carbons (Fsp3) is 0.500. The van der Waals surface area contributed by atoms with Crippen LogP contribution in [0.5, 0.6) is 0 Å². The fourth-order valence-electron chi connectivity index (χ4n) is 3.86. The summed E-state index contributed by atoms with van der Waals surface area (Å²) in [5.74, 6) is 2.22. The Hall–Kier alpha value is -1.09. The molecule has 4 rings (SSSR count). The molecule has 1 N–H and O–H groups in total. The van der Waals surface area contributed by atoms with E-state index in [-0.39, 0.29) is 24.0 Å². The molecule has 1 aliphatic heterocycles. The molecule has 7 heteroatoms. The standard InChI is InChI=1S/C20H26BrN5.HI/c1-3-22-20(24-19-10-18(19)14-4-6-17(21)7-5-14)26-9-8-15(13-26)16-11-23-25(2)12-16;/h4-7,11-12,15,18-19H,3,8-10,13H2,1-2H3,(H,22,24);1H. The minimum Gasteiger partial charge on any atom is -0.353 e. The first-order chi connectivity index (χ1) is 12.6. The predicted octanol–water partition coefficient (Wildman–Crippen LogP) is 4.11. The van der Waals surface area contributed by atoms with Gasteiger partial charge in [0, 0.05) is 55.2 Å². The molecule has 1 saturated carbocycles. The molecule has 0 bridgehead atoms. The molecule has 146 valence electrons.